The van der Waals surface area contributed by atoms with Gasteiger partial charge in [0.1, 0.15) is 5.69 Å². The van der Waals surface area contributed by atoms with Crippen LogP contribution in [0.4, 0.5) is 5.69 Å². The number of piperazine rings is 1. The smallest absolute Gasteiger partial charge is 0.294 e. The maximum atomic E-state index is 12.2. The van der Waals surface area contributed by atoms with Gasteiger partial charge < -0.3 is 10.6 Å². The second-order valence-electron chi connectivity index (χ2n) is 5.74. The summed E-state index contributed by atoms with van der Waals surface area (Å²) in [5, 5.41) is 21.4. The molecule has 1 aliphatic rings. The molecule has 132 valence electrons. The summed E-state index contributed by atoms with van der Waals surface area (Å²) in [5.41, 5.74) is 0.502. The van der Waals surface area contributed by atoms with Gasteiger partial charge in [0.05, 0.1) is 4.92 Å². The van der Waals surface area contributed by atoms with Crippen LogP contribution < -0.4 is 10.6 Å². The third kappa shape index (κ3) is 4.20. The zero-order valence-corrected chi connectivity index (χ0v) is 13.7. The van der Waals surface area contributed by atoms with Crippen molar-refractivity contribution in [3.05, 3.63) is 52.3 Å². The highest BCUT2D eigenvalue weighted by atomic mass is 16.6. The normalized spacial score (nSPS) is 15.0. The topological polar surface area (TPSA) is 105 Å². The fourth-order valence-corrected chi connectivity index (χ4v) is 2.74. The van der Waals surface area contributed by atoms with Crippen LogP contribution in [0.2, 0.25) is 0 Å². The van der Waals surface area contributed by atoms with E-state index in [2.05, 4.69) is 20.6 Å². The van der Waals surface area contributed by atoms with Gasteiger partial charge in [0.15, 0.2) is 5.69 Å². The van der Waals surface area contributed by atoms with Crippen molar-refractivity contribution in [2.24, 2.45) is 0 Å². The average molecular weight is 344 g/mol. The summed E-state index contributed by atoms with van der Waals surface area (Å²) >= 11 is 0. The third-order valence-electron chi connectivity index (χ3n) is 4.07. The zero-order chi connectivity index (χ0) is 17.6. The van der Waals surface area contributed by atoms with Gasteiger partial charge in [-0.3, -0.25) is 19.8 Å². The Morgan fingerprint density at radius 1 is 1.28 bits per heavy atom. The highest BCUT2D eigenvalue weighted by Crippen LogP contribution is 2.21. The number of nitrogens with one attached hydrogen (secondary N) is 2. The molecule has 9 heteroatoms. The first kappa shape index (κ1) is 17.1. The fourth-order valence-electron chi connectivity index (χ4n) is 2.74. The largest absolute Gasteiger partial charge is 0.349 e. The Hall–Kier alpha value is -2.78. The molecule has 3 rings (SSSR count). The van der Waals surface area contributed by atoms with Crippen molar-refractivity contribution < 1.29 is 9.72 Å². The molecule has 0 atom stereocenters. The summed E-state index contributed by atoms with van der Waals surface area (Å²) in [6, 6.07) is 7.84. The molecular weight excluding hydrogens is 324 g/mol. The van der Waals surface area contributed by atoms with E-state index >= 15 is 0 Å². The van der Waals surface area contributed by atoms with Gasteiger partial charge in [-0.25, -0.2) is 4.68 Å². The molecule has 2 N–H and O–H groups in total. The van der Waals surface area contributed by atoms with Crippen LogP contribution in [0.5, 0.6) is 0 Å². The number of benzene rings is 1. The van der Waals surface area contributed by atoms with Gasteiger partial charge in [0, 0.05) is 51.5 Å². The van der Waals surface area contributed by atoms with Crippen LogP contribution in [0.1, 0.15) is 10.5 Å². The molecular formula is C16H20N6O3. The summed E-state index contributed by atoms with van der Waals surface area (Å²) in [4.78, 5) is 25.1. The van der Waals surface area contributed by atoms with Gasteiger partial charge in [-0.1, -0.05) is 12.1 Å². The molecule has 1 aliphatic heterocycles. The summed E-state index contributed by atoms with van der Waals surface area (Å²) in [5.74, 6) is -0.285. The molecule has 1 fully saturated rings. The van der Waals surface area contributed by atoms with E-state index in [4.69, 9.17) is 0 Å². The second kappa shape index (κ2) is 7.86. The number of carbonyl (C=O) groups excluding carboxylic acids is 1. The molecule has 1 amide bonds. The van der Waals surface area contributed by atoms with E-state index in [1.807, 2.05) is 0 Å². The van der Waals surface area contributed by atoms with Crippen LogP contribution in [0, 0.1) is 10.1 Å². The van der Waals surface area contributed by atoms with E-state index in [1.54, 1.807) is 30.5 Å². The number of hydrogen-bond acceptors (Lipinski definition) is 6. The number of nitro groups is 1. The summed E-state index contributed by atoms with van der Waals surface area (Å²) in [6.45, 7) is 5.21. The maximum Gasteiger partial charge on any atom is 0.294 e. The SMILES string of the molecule is O=C(NCCN1CCNCC1)c1ccn(-c2ccccc2[N+](=O)[O-])n1. The van der Waals surface area contributed by atoms with Crippen LogP contribution in [-0.4, -0.2) is 64.8 Å². The number of nitro benzene ring substituents is 1. The van der Waals surface area contributed by atoms with Crippen molar-refractivity contribution in [1.82, 2.24) is 25.3 Å². The van der Waals surface area contributed by atoms with E-state index < -0.39 is 4.92 Å². The molecule has 1 saturated heterocycles. The minimum Gasteiger partial charge on any atom is -0.349 e. The molecule has 0 unspecified atom stereocenters. The van der Waals surface area contributed by atoms with Gasteiger partial charge >= 0.3 is 0 Å². The minimum absolute atomic E-state index is 0.0590. The van der Waals surface area contributed by atoms with Crippen molar-refractivity contribution in [2.45, 2.75) is 0 Å². The van der Waals surface area contributed by atoms with Crippen LogP contribution in [-0.2, 0) is 0 Å². The Labute approximate surface area is 144 Å². The number of nitrogens with zero attached hydrogens (tertiary/aromatic N) is 4. The lowest BCUT2D eigenvalue weighted by Crippen LogP contribution is -2.46. The second-order valence-corrected chi connectivity index (χ2v) is 5.74. The van der Waals surface area contributed by atoms with E-state index in [9.17, 15) is 14.9 Å². The third-order valence-corrected chi connectivity index (χ3v) is 4.07. The van der Waals surface area contributed by atoms with E-state index in [0.29, 0.717) is 12.2 Å². The van der Waals surface area contributed by atoms with Gasteiger partial charge in [0.25, 0.3) is 11.6 Å². The molecule has 1 aromatic heterocycles. The monoisotopic (exact) mass is 344 g/mol. The van der Waals surface area contributed by atoms with Gasteiger partial charge in [-0.05, 0) is 12.1 Å². The first-order valence-corrected chi connectivity index (χ1v) is 8.16. The number of para-hydroxylation sites is 2. The molecule has 0 radical (unpaired) electrons. The Balaban J connectivity index is 1.61. The molecule has 25 heavy (non-hydrogen) atoms. The number of aromatic nitrogens is 2. The van der Waals surface area contributed by atoms with Crippen LogP contribution >= 0.6 is 0 Å². The number of hydrogen-bond donors (Lipinski definition) is 2. The first-order valence-electron chi connectivity index (χ1n) is 8.16. The van der Waals surface area contributed by atoms with Crippen molar-refractivity contribution in [3.8, 4) is 5.69 Å². The highest BCUT2D eigenvalue weighted by molar-refractivity contribution is 5.92. The van der Waals surface area contributed by atoms with Crippen molar-refractivity contribution in [3.63, 3.8) is 0 Å². The number of rotatable bonds is 6. The predicted octanol–water partition coefficient (Wildman–Crippen LogP) is 0.416. The average Bonchev–Trinajstić information content (AvgIpc) is 3.12. The Morgan fingerprint density at radius 3 is 2.80 bits per heavy atom. The van der Waals surface area contributed by atoms with Crippen LogP contribution in [0.3, 0.4) is 0 Å². The van der Waals surface area contributed by atoms with Crippen LogP contribution in [0.25, 0.3) is 5.69 Å². The molecule has 0 spiro atoms. The molecule has 0 saturated carbocycles. The van der Waals surface area contributed by atoms with Crippen molar-refractivity contribution >= 4 is 11.6 Å². The van der Waals surface area contributed by atoms with E-state index in [0.717, 1.165) is 32.7 Å². The predicted molar refractivity (Wildman–Crippen MR) is 91.9 cm³/mol. The lowest BCUT2D eigenvalue weighted by molar-refractivity contribution is -0.384. The molecule has 2 heterocycles. The Morgan fingerprint density at radius 2 is 2.04 bits per heavy atom. The quantitative estimate of drug-likeness (QED) is 0.581. The zero-order valence-electron chi connectivity index (χ0n) is 13.7. The fraction of sp³-hybridized carbons (Fsp3) is 0.375. The highest BCUT2D eigenvalue weighted by Gasteiger charge is 2.17. The van der Waals surface area contributed by atoms with Crippen LogP contribution in [0.15, 0.2) is 36.5 Å². The van der Waals surface area contributed by atoms with Crippen molar-refractivity contribution in [2.75, 3.05) is 39.3 Å². The van der Waals surface area contributed by atoms with Crippen molar-refractivity contribution in [1.29, 1.82) is 0 Å². The maximum absolute atomic E-state index is 12.2. The first-order chi connectivity index (χ1) is 12.1. The van der Waals surface area contributed by atoms with E-state index in [-0.39, 0.29) is 17.3 Å². The Kier molecular flexibility index (Phi) is 5.36. The Bertz CT molecular complexity index is 754. The lowest BCUT2D eigenvalue weighted by Gasteiger charge is -2.26. The standard InChI is InChI=1S/C16H20N6O3/c23-16(18-8-12-20-10-6-17-7-11-20)13-5-9-21(19-13)14-3-1-2-4-15(14)22(24)25/h1-5,9,17H,6-8,10-12H2,(H,18,23). The molecule has 0 bridgehead atoms. The number of amides is 1. The van der Waals surface area contributed by atoms with Gasteiger partial charge in [-0.2, -0.15) is 5.10 Å². The molecule has 9 nitrogen and oxygen atoms in total. The molecule has 1 aromatic carbocycles. The lowest BCUT2D eigenvalue weighted by atomic mass is 10.3. The number of carbonyl (C=O) groups is 1. The van der Waals surface area contributed by atoms with E-state index in [1.165, 1.54) is 10.7 Å². The van der Waals surface area contributed by atoms with Gasteiger partial charge in [0.2, 0.25) is 0 Å². The van der Waals surface area contributed by atoms with Gasteiger partial charge in [-0.15, -0.1) is 0 Å². The molecule has 2 aromatic rings. The summed E-state index contributed by atoms with van der Waals surface area (Å²) in [6.07, 6.45) is 1.55. The summed E-state index contributed by atoms with van der Waals surface area (Å²) < 4.78 is 1.35. The summed E-state index contributed by atoms with van der Waals surface area (Å²) in [7, 11) is 0. The molecule has 0 aliphatic carbocycles. The minimum atomic E-state index is -0.468.